The Labute approximate surface area is 311 Å². The summed E-state index contributed by atoms with van der Waals surface area (Å²) in [5, 5.41) is 1.07. The van der Waals surface area contributed by atoms with Crippen LogP contribution in [0, 0.1) is 0 Å². The van der Waals surface area contributed by atoms with Crippen molar-refractivity contribution in [1.82, 2.24) is 14.4 Å². The second-order valence-corrected chi connectivity index (χ2v) is 14.5. The third-order valence-corrected chi connectivity index (χ3v) is 9.40. The van der Waals surface area contributed by atoms with Crippen molar-refractivity contribution in [2.45, 2.75) is 77.4 Å². The second-order valence-electron chi connectivity index (χ2n) is 14.5. The molecule has 1 aliphatic carbocycles. The minimum Gasteiger partial charge on any atom is -0.497 e. The van der Waals surface area contributed by atoms with E-state index in [2.05, 4.69) is 22.9 Å². The van der Waals surface area contributed by atoms with Crippen LogP contribution in [0.2, 0.25) is 0 Å². The Balaban J connectivity index is 1.34. The number of rotatable bonds is 14. The first-order valence-corrected chi connectivity index (χ1v) is 18.1. The SMILES string of the molecule is COCCCn1cc(CN(C(=O)C2CN(C(=O)OC(C)(C)C)CC(=O)N2c2ccccc2OCc2cc(OC)cc(OC)c2)C2CC2)c2ccccc21. The summed E-state index contributed by atoms with van der Waals surface area (Å²) < 4.78 is 30.4. The summed E-state index contributed by atoms with van der Waals surface area (Å²) in [6, 6.07) is 19.9. The van der Waals surface area contributed by atoms with Gasteiger partial charge in [0.25, 0.3) is 0 Å². The highest BCUT2D eigenvalue weighted by Gasteiger charge is 2.46. The van der Waals surface area contributed by atoms with E-state index in [4.69, 9.17) is 23.7 Å². The number of para-hydroxylation sites is 3. The maximum Gasteiger partial charge on any atom is 0.410 e. The van der Waals surface area contributed by atoms with Crippen LogP contribution in [0.5, 0.6) is 17.2 Å². The number of hydrogen-bond acceptors (Lipinski definition) is 8. The molecule has 3 amide bonds. The van der Waals surface area contributed by atoms with Gasteiger partial charge in [0.1, 0.15) is 42.0 Å². The van der Waals surface area contributed by atoms with E-state index in [1.165, 1.54) is 9.80 Å². The molecular weight excluding hydrogens is 676 g/mol. The van der Waals surface area contributed by atoms with Crippen LogP contribution in [0.15, 0.2) is 72.9 Å². The number of anilines is 1. The zero-order valence-electron chi connectivity index (χ0n) is 31.5. The van der Waals surface area contributed by atoms with Crippen molar-refractivity contribution < 1.29 is 38.1 Å². The number of benzene rings is 3. The molecule has 0 spiro atoms. The lowest BCUT2D eigenvalue weighted by Crippen LogP contribution is -2.63. The van der Waals surface area contributed by atoms with E-state index in [9.17, 15) is 9.59 Å². The molecule has 53 heavy (non-hydrogen) atoms. The van der Waals surface area contributed by atoms with Gasteiger partial charge in [0.05, 0.1) is 26.5 Å². The molecule has 1 saturated carbocycles. The average Bonchev–Trinajstić information content (AvgIpc) is 3.93. The fraction of sp³-hybridized carbons (Fsp3) is 0.439. The quantitative estimate of drug-likeness (QED) is 0.137. The number of fused-ring (bicyclic) bond motifs is 1. The van der Waals surface area contributed by atoms with E-state index in [0.29, 0.717) is 36.1 Å². The Kier molecular flexibility index (Phi) is 11.5. The van der Waals surface area contributed by atoms with Gasteiger partial charge in [-0.05, 0) is 81.5 Å². The number of aromatic nitrogens is 1. The lowest BCUT2D eigenvalue weighted by Gasteiger charge is -2.42. The van der Waals surface area contributed by atoms with Gasteiger partial charge in [0.15, 0.2) is 0 Å². The van der Waals surface area contributed by atoms with Crippen LogP contribution < -0.4 is 19.1 Å². The first-order chi connectivity index (χ1) is 25.5. The number of hydrogen-bond donors (Lipinski definition) is 0. The van der Waals surface area contributed by atoms with E-state index >= 15 is 4.79 Å². The van der Waals surface area contributed by atoms with E-state index in [1.54, 1.807) is 60.3 Å². The smallest absolute Gasteiger partial charge is 0.410 e. The third-order valence-electron chi connectivity index (χ3n) is 9.40. The van der Waals surface area contributed by atoms with Gasteiger partial charge in [-0.3, -0.25) is 19.4 Å². The maximum atomic E-state index is 15.0. The standard InChI is InChI=1S/C41H50N4O8/c1-41(2,3)53-40(48)43-25-36(39(47)44(30-16-17-30)24-29-23-42(18-11-19-49-4)34-13-8-7-12-33(29)34)45(38(46)26-43)35-14-9-10-15-37(35)52-27-28-20-31(50-5)22-32(21-28)51-6/h7-10,12-15,20-23,30,36H,11,16-19,24-27H2,1-6H3. The van der Waals surface area contributed by atoms with Crippen molar-refractivity contribution in [3.63, 3.8) is 0 Å². The number of carbonyl (C=O) groups excluding carboxylic acids is 3. The molecule has 0 N–H and O–H groups in total. The van der Waals surface area contributed by atoms with Crippen molar-refractivity contribution in [3.8, 4) is 17.2 Å². The van der Waals surface area contributed by atoms with E-state index in [0.717, 1.165) is 47.8 Å². The van der Waals surface area contributed by atoms with Crippen molar-refractivity contribution >= 4 is 34.5 Å². The summed E-state index contributed by atoms with van der Waals surface area (Å²) in [6.45, 7) is 6.97. The fourth-order valence-electron chi connectivity index (χ4n) is 6.77. The van der Waals surface area contributed by atoms with Gasteiger partial charge in [-0.2, -0.15) is 0 Å². The second kappa shape index (κ2) is 16.2. The highest BCUT2D eigenvalue weighted by Crippen LogP contribution is 2.37. The number of nitrogens with zero attached hydrogens (tertiary/aromatic N) is 4. The molecule has 4 aromatic rings. The summed E-state index contributed by atoms with van der Waals surface area (Å²) >= 11 is 0. The number of carbonyl (C=O) groups is 3. The Morgan fingerprint density at radius 3 is 2.30 bits per heavy atom. The van der Waals surface area contributed by atoms with Crippen molar-refractivity contribution in [2.75, 3.05) is 45.9 Å². The van der Waals surface area contributed by atoms with Crippen LogP contribution in [-0.4, -0.2) is 91.0 Å². The molecule has 12 heteroatoms. The number of piperazine rings is 1. The Bertz CT molecular complexity index is 1910. The van der Waals surface area contributed by atoms with Crippen molar-refractivity contribution in [1.29, 1.82) is 0 Å². The first-order valence-electron chi connectivity index (χ1n) is 18.1. The van der Waals surface area contributed by atoms with Crippen molar-refractivity contribution in [3.05, 3.63) is 84.1 Å². The monoisotopic (exact) mass is 726 g/mol. The Hall–Kier alpha value is -5.23. The van der Waals surface area contributed by atoms with Crippen LogP contribution in [0.4, 0.5) is 10.5 Å². The predicted octanol–water partition coefficient (Wildman–Crippen LogP) is 6.42. The summed E-state index contributed by atoms with van der Waals surface area (Å²) in [5.41, 5.74) is 2.57. The first kappa shape index (κ1) is 37.5. The largest absolute Gasteiger partial charge is 0.497 e. The molecule has 1 atom stereocenters. The molecular formula is C41H50N4O8. The number of ether oxygens (including phenoxy) is 5. The van der Waals surface area contributed by atoms with Crippen LogP contribution in [-0.2, 0) is 38.8 Å². The number of aryl methyl sites for hydroxylation is 1. The number of amides is 3. The van der Waals surface area contributed by atoms with Crippen LogP contribution in [0.1, 0.15) is 51.2 Å². The van der Waals surface area contributed by atoms with Gasteiger partial charge >= 0.3 is 6.09 Å². The highest BCUT2D eigenvalue weighted by molar-refractivity contribution is 6.05. The number of methoxy groups -OCH3 is 3. The zero-order chi connectivity index (χ0) is 37.7. The minimum absolute atomic E-state index is 0.0153. The van der Waals surface area contributed by atoms with E-state index in [-0.39, 0.29) is 31.6 Å². The van der Waals surface area contributed by atoms with Gasteiger partial charge in [-0.15, -0.1) is 0 Å². The van der Waals surface area contributed by atoms with Gasteiger partial charge in [-0.1, -0.05) is 30.3 Å². The van der Waals surface area contributed by atoms with Crippen LogP contribution in [0.25, 0.3) is 10.9 Å². The molecule has 0 radical (unpaired) electrons. The molecule has 2 aliphatic rings. The van der Waals surface area contributed by atoms with Crippen molar-refractivity contribution in [2.24, 2.45) is 0 Å². The molecule has 6 rings (SSSR count). The van der Waals surface area contributed by atoms with E-state index in [1.807, 2.05) is 41.3 Å². The molecule has 3 aromatic carbocycles. The molecule has 2 fully saturated rings. The maximum absolute atomic E-state index is 15.0. The van der Waals surface area contributed by atoms with Crippen LogP contribution >= 0.6 is 0 Å². The molecule has 1 unspecified atom stereocenters. The third kappa shape index (κ3) is 8.88. The molecule has 1 saturated heterocycles. The molecule has 0 bridgehead atoms. The summed E-state index contributed by atoms with van der Waals surface area (Å²) in [6.07, 6.45) is 4.05. The summed E-state index contributed by atoms with van der Waals surface area (Å²) in [4.78, 5) is 47.4. The summed E-state index contributed by atoms with van der Waals surface area (Å²) in [5.74, 6) is 1.01. The molecule has 12 nitrogen and oxygen atoms in total. The topological polar surface area (TPSA) is 112 Å². The van der Waals surface area contributed by atoms with E-state index < -0.39 is 23.6 Å². The molecule has 2 heterocycles. The molecule has 1 aromatic heterocycles. The highest BCUT2D eigenvalue weighted by atomic mass is 16.6. The fourth-order valence-corrected chi connectivity index (χ4v) is 6.77. The Morgan fingerprint density at radius 2 is 1.62 bits per heavy atom. The predicted molar refractivity (Wildman–Crippen MR) is 201 cm³/mol. The van der Waals surface area contributed by atoms with Gasteiger partial charge < -0.3 is 33.2 Å². The van der Waals surface area contributed by atoms with Crippen LogP contribution in [0.3, 0.4) is 0 Å². The molecule has 282 valence electrons. The van der Waals surface area contributed by atoms with Gasteiger partial charge in [0.2, 0.25) is 11.8 Å². The minimum atomic E-state index is -1.03. The lowest BCUT2D eigenvalue weighted by atomic mass is 10.1. The Morgan fingerprint density at radius 1 is 0.925 bits per heavy atom. The lowest BCUT2D eigenvalue weighted by molar-refractivity contribution is -0.138. The molecule has 1 aliphatic heterocycles. The average molecular weight is 727 g/mol. The summed E-state index contributed by atoms with van der Waals surface area (Å²) in [7, 11) is 4.87. The normalized spacial score (nSPS) is 16.1. The van der Waals surface area contributed by atoms with Gasteiger partial charge in [-0.25, -0.2) is 4.79 Å². The zero-order valence-corrected chi connectivity index (χ0v) is 31.5. The van der Waals surface area contributed by atoms with Gasteiger partial charge in [0, 0.05) is 56.0 Å².